The van der Waals surface area contributed by atoms with Crippen LogP contribution >= 0.6 is 0 Å². The lowest BCUT2D eigenvalue weighted by atomic mass is 10.1. The molecule has 1 aromatic rings. The Morgan fingerprint density at radius 1 is 1.33 bits per heavy atom. The van der Waals surface area contributed by atoms with Gasteiger partial charge in [-0.3, -0.25) is 4.90 Å². The molecule has 100 valence electrons. The summed E-state index contributed by atoms with van der Waals surface area (Å²) >= 11 is 0. The van der Waals surface area contributed by atoms with Crippen molar-refractivity contribution in [2.75, 3.05) is 44.7 Å². The van der Waals surface area contributed by atoms with Gasteiger partial charge in [0.1, 0.15) is 5.82 Å². The number of hydrogen-bond acceptors (Lipinski definition) is 4. The normalized spacial score (nSPS) is 16.8. The van der Waals surface area contributed by atoms with Gasteiger partial charge >= 0.3 is 0 Å². The van der Waals surface area contributed by atoms with E-state index in [1.54, 1.807) is 6.07 Å². The Balaban J connectivity index is 1.84. The summed E-state index contributed by atoms with van der Waals surface area (Å²) in [4.78, 5) is 2.33. The number of morpholine rings is 1. The van der Waals surface area contributed by atoms with Crippen LogP contribution in [0.15, 0.2) is 18.2 Å². The number of halogens is 1. The van der Waals surface area contributed by atoms with Crippen LogP contribution in [0.3, 0.4) is 0 Å². The molecule has 4 nitrogen and oxygen atoms in total. The molecular formula is C13H20FN3O. The molecule has 5 heteroatoms. The maximum Gasteiger partial charge on any atom is 0.129 e. The molecule has 18 heavy (non-hydrogen) atoms. The molecule has 2 rings (SSSR count). The minimum Gasteiger partial charge on any atom is -0.383 e. The molecule has 1 heterocycles. The van der Waals surface area contributed by atoms with Crippen LogP contribution in [0.25, 0.3) is 0 Å². The number of nitrogens with two attached hydrogens (primary N) is 1. The SMILES string of the molecule is NCc1c(F)cccc1NCCN1CCOCC1. The Labute approximate surface area is 107 Å². The third-order valence-electron chi connectivity index (χ3n) is 3.17. The predicted molar refractivity (Wildman–Crippen MR) is 70.0 cm³/mol. The van der Waals surface area contributed by atoms with E-state index in [0.29, 0.717) is 5.56 Å². The van der Waals surface area contributed by atoms with E-state index in [1.807, 2.05) is 6.07 Å². The molecule has 0 aliphatic carbocycles. The van der Waals surface area contributed by atoms with E-state index in [0.717, 1.165) is 45.1 Å². The molecule has 0 radical (unpaired) electrons. The fourth-order valence-electron chi connectivity index (χ4n) is 2.11. The van der Waals surface area contributed by atoms with E-state index in [1.165, 1.54) is 6.07 Å². The second-order valence-electron chi connectivity index (χ2n) is 4.35. The summed E-state index contributed by atoms with van der Waals surface area (Å²) in [7, 11) is 0. The Kier molecular flexibility index (Phi) is 4.92. The highest BCUT2D eigenvalue weighted by atomic mass is 19.1. The zero-order valence-corrected chi connectivity index (χ0v) is 10.5. The Hall–Kier alpha value is -1.17. The van der Waals surface area contributed by atoms with Crippen LogP contribution in [-0.4, -0.2) is 44.3 Å². The standard InChI is InChI=1S/C13H20FN3O/c14-12-2-1-3-13(11(12)10-15)16-4-5-17-6-8-18-9-7-17/h1-3,16H,4-10,15H2. The first-order chi connectivity index (χ1) is 8.81. The number of hydrogen-bond donors (Lipinski definition) is 2. The lowest BCUT2D eigenvalue weighted by Crippen LogP contribution is -2.39. The fourth-order valence-corrected chi connectivity index (χ4v) is 2.11. The lowest BCUT2D eigenvalue weighted by Gasteiger charge is -2.26. The average molecular weight is 253 g/mol. The first kappa shape index (κ1) is 13.3. The summed E-state index contributed by atoms with van der Waals surface area (Å²) in [5.41, 5.74) is 6.91. The van der Waals surface area contributed by atoms with Gasteiger partial charge in [0.05, 0.1) is 13.2 Å². The van der Waals surface area contributed by atoms with Gasteiger partial charge in [-0.25, -0.2) is 4.39 Å². The van der Waals surface area contributed by atoms with Crippen LogP contribution in [0.5, 0.6) is 0 Å². The van der Waals surface area contributed by atoms with E-state index in [9.17, 15) is 4.39 Å². The highest BCUT2D eigenvalue weighted by molar-refractivity contribution is 5.51. The first-order valence-electron chi connectivity index (χ1n) is 6.32. The molecule has 0 atom stereocenters. The van der Waals surface area contributed by atoms with Crippen LogP contribution in [-0.2, 0) is 11.3 Å². The summed E-state index contributed by atoms with van der Waals surface area (Å²) in [5.74, 6) is -0.242. The van der Waals surface area contributed by atoms with Gasteiger partial charge in [-0.1, -0.05) is 6.07 Å². The van der Waals surface area contributed by atoms with Gasteiger partial charge in [0.15, 0.2) is 0 Å². The maximum atomic E-state index is 13.5. The van der Waals surface area contributed by atoms with Crippen molar-refractivity contribution in [2.45, 2.75) is 6.54 Å². The minimum atomic E-state index is -0.242. The topological polar surface area (TPSA) is 50.5 Å². The second-order valence-corrected chi connectivity index (χ2v) is 4.35. The molecular weight excluding hydrogens is 233 g/mol. The molecule has 0 amide bonds. The quantitative estimate of drug-likeness (QED) is 0.823. The van der Waals surface area contributed by atoms with Gasteiger partial charge in [-0.15, -0.1) is 0 Å². The number of benzene rings is 1. The van der Waals surface area contributed by atoms with E-state index in [4.69, 9.17) is 10.5 Å². The van der Waals surface area contributed by atoms with Gasteiger partial charge in [-0.05, 0) is 12.1 Å². The first-order valence-corrected chi connectivity index (χ1v) is 6.32. The molecule has 0 aromatic heterocycles. The molecule has 1 aliphatic rings. The number of rotatable bonds is 5. The summed E-state index contributed by atoms with van der Waals surface area (Å²) < 4.78 is 18.8. The van der Waals surface area contributed by atoms with Crippen LogP contribution < -0.4 is 11.1 Å². The second kappa shape index (κ2) is 6.68. The van der Waals surface area contributed by atoms with Crippen molar-refractivity contribution < 1.29 is 9.13 Å². The van der Waals surface area contributed by atoms with Crippen LogP contribution in [0.4, 0.5) is 10.1 Å². The molecule has 1 fully saturated rings. The predicted octanol–water partition coefficient (Wildman–Crippen LogP) is 1.03. The summed E-state index contributed by atoms with van der Waals surface area (Å²) in [6.45, 7) is 5.47. The molecule has 0 bridgehead atoms. The zero-order valence-electron chi connectivity index (χ0n) is 10.5. The molecule has 1 aliphatic heterocycles. The third-order valence-corrected chi connectivity index (χ3v) is 3.17. The lowest BCUT2D eigenvalue weighted by molar-refractivity contribution is 0.0398. The summed E-state index contributed by atoms with van der Waals surface area (Å²) in [5, 5.41) is 3.25. The smallest absolute Gasteiger partial charge is 0.129 e. The number of nitrogens with zero attached hydrogens (tertiary/aromatic N) is 1. The highest BCUT2D eigenvalue weighted by Gasteiger charge is 2.10. The average Bonchev–Trinajstić information content (AvgIpc) is 2.40. The van der Waals surface area contributed by atoms with Crippen molar-refractivity contribution in [3.8, 4) is 0 Å². The monoisotopic (exact) mass is 253 g/mol. The van der Waals surface area contributed by atoms with Gasteiger partial charge in [-0.2, -0.15) is 0 Å². The van der Waals surface area contributed by atoms with E-state index in [2.05, 4.69) is 10.2 Å². The molecule has 3 N–H and O–H groups in total. The zero-order chi connectivity index (χ0) is 12.8. The summed E-state index contributed by atoms with van der Waals surface area (Å²) in [6.07, 6.45) is 0. The molecule has 0 saturated carbocycles. The minimum absolute atomic E-state index is 0.215. The van der Waals surface area contributed by atoms with Crippen molar-refractivity contribution in [3.05, 3.63) is 29.6 Å². The van der Waals surface area contributed by atoms with Crippen LogP contribution in [0.1, 0.15) is 5.56 Å². The summed E-state index contributed by atoms with van der Waals surface area (Å²) in [6, 6.07) is 5.01. The molecule has 0 unspecified atom stereocenters. The third kappa shape index (κ3) is 3.41. The Morgan fingerprint density at radius 3 is 2.83 bits per heavy atom. The number of anilines is 1. The van der Waals surface area contributed by atoms with Crippen molar-refractivity contribution in [1.29, 1.82) is 0 Å². The number of nitrogens with one attached hydrogen (secondary N) is 1. The van der Waals surface area contributed by atoms with Crippen molar-refractivity contribution >= 4 is 5.69 Å². The number of ether oxygens (including phenoxy) is 1. The largest absolute Gasteiger partial charge is 0.383 e. The van der Waals surface area contributed by atoms with Crippen LogP contribution in [0, 0.1) is 5.82 Å². The fraction of sp³-hybridized carbons (Fsp3) is 0.538. The van der Waals surface area contributed by atoms with Crippen molar-refractivity contribution in [1.82, 2.24) is 4.90 Å². The molecule has 0 spiro atoms. The maximum absolute atomic E-state index is 13.5. The Bertz CT molecular complexity index is 380. The van der Waals surface area contributed by atoms with Gasteiger partial charge in [0, 0.05) is 44.0 Å². The Morgan fingerprint density at radius 2 is 2.11 bits per heavy atom. The van der Waals surface area contributed by atoms with E-state index >= 15 is 0 Å². The van der Waals surface area contributed by atoms with Gasteiger partial charge in [0.25, 0.3) is 0 Å². The molecule has 1 aromatic carbocycles. The van der Waals surface area contributed by atoms with Gasteiger partial charge < -0.3 is 15.8 Å². The molecule has 1 saturated heterocycles. The van der Waals surface area contributed by atoms with E-state index < -0.39 is 0 Å². The van der Waals surface area contributed by atoms with Gasteiger partial charge in [0.2, 0.25) is 0 Å². The van der Waals surface area contributed by atoms with Crippen molar-refractivity contribution in [2.24, 2.45) is 5.73 Å². The van der Waals surface area contributed by atoms with Crippen LogP contribution in [0.2, 0.25) is 0 Å². The van der Waals surface area contributed by atoms with E-state index in [-0.39, 0.29) is 12.4 Å². The highest BCUT2D eigenvalue weighted by Crippen LogP contribution is 2.17. The van der Waals surface area contributed by atoms with Crippen molar-refractivity contribution in [3.63, 3.8) is 0 Å².